The maximum absolute atomic E-state index is 5.54. The maximum Gasteiger partial charge on any atom is 0.184 e. The first-order valence-corrected chi connectivity index (χ1v) is 4.27. The summed E-state index contributed by atoms with van der Waals surface area (Å²) in [5.41, 5.74) is 0.754. The van der Waals surface area contributed by atoms with Crippen LogP contribution in [0.1, 0.15) is 19.8 Å². The number of ether oxygens (including phenoxy) is 2. The Morgan fingerprint density at radius 3 is 2.83 bits per heavy atom. The first kappa shape index (κ1) is 9.81. The summed E-state index contributed by atoms with van der Waals surface area (Å²) in [6, 6.07) is 0. The number of epoxide rings is 1. The van der Waals surface area contributed by atoms with Crippen LogP contribution < -0.4 is 0 Å². The van der Waals surface area contributed by atoms with Gasteiger partial charge in [0.05, 0.1) is 0 Å². The second-order valence-corrected chi connectivity index (χ2v) is 3.33. The minimum atomic E-state index is 0.0308. The van der Waals surface area contributed by atoms with Gasteiger partial charge in [0.15, 0.2) is 6.29 Å². The van der Waals surface area contributed by atoms with Crippen molar-refractivity contribution in [3.8, 4) is 0 Å². The molecule has 12 heavy (non-hydrogen) atoms. The molecule has 3 atom stereocenters. The van der Waals surface area contributed by atoms with Crippen LogP contribution in [-0.2, 0) is 9.47 Å². The number of allylic oxidation sites excluding steroid dienone is 1. The summed E-state index contributed by atoms with van der Waals surface area (Å²) in [6.07, 6.45) is 2.36. The van der Waals surface area contributed by atoms with Crippen LogP contribution in [0.5, 0.6) is 0 Å². The topological polar surface area (TPSA) is 21.8 Å². The molecule has 0 aromatic heterocycles. The van der Waals surface area contributed by atoms with E-state index in [4.69, 9.17) is 17.3 Å². The minimum Gasteiger partial charge on any atom is -0.353 e. The molecule has 2 nitrogen and oxygen atoms in total. The molecule has 0 aromatic rings. The molecule has 66 valence electrons. The summed E-state index contributed by atoms with van der Waals surface area (Å²) in [5, 5.41) is 0. The molecular weight excluding hydrogens is 151 g/mol. The van der Waals surface area contributed by atoms with E-state index in [1.165, 1.54) is 0 Å². The number of hydrogen-bond donors (Lipinski definition) is 0. The summed E-state index contributed by atoms with van der Waals surface area (Å²) < 4.78 is 10.2. The lowest BCUT2D eigenvalue weighted by Gasteiger charge is -2.09. The molecular formula is C9H15BO2. The van der Waals surface area contributed by atoms with Crippen LogP contribution in [0.25, 0.3) is 0 Å². The molecule has 1 heterocycles. The number of hydrogen-bond acceptors (Lipinski definition) is 2. The fraction of sp³-hybridized carbons (Fsp3) is 0.778. The Kier molecular flexibility index (Phi) is 3.35. The molecule has 1 aliphatic rings. The number of rotatable bonds is 5. The van der Waals surface area contributed by atoms with Gasteiger partial charge in [-0.25, -0.2) is 0 Å². The lowest BCUT2D eigenvalue weighted by Crippen LogP contribution is -2.02. The Hall–Kier alpha value is -0.275. The van der Waals surface area contributed by atoms with Crippen molar-refractivity contribution >= 4 is 7.85 Å². The monoisotopic (exact) mass is 166 g/mol. The minimum absolute atomic E-state index is 0.0308. The molecule has 0 bridgehead atoms. The third-order valence-electron chi connectivity index (χ3n) is 2.29. The van der Waals surface area contributed by atoms with E-state index in [9.17, 15) is 0 Å². The van der Waals surface area contributed by atoms with Crippen molar-refractivity contribution in [3.63, 3.8) is 0 Å². The molecule has 0 aromatic carbocycles. The Labute approximate surface area is 75.3 Å². The Morgan fingerprint density at radius 2 is 2.42 bits per heavy atom. The molecule has 1 fully saturated rings. The molecule has 1 rings (SSSR count). The van der Waals surface area contributed by atoms with Crippen molar-refractivity contribution in [2.24, 2.45) is 5.92 Å². The van der Waals surface area contributed by atoms with Crippen molar-refractivity contribution in [2.45, 2.75) is 32.2 Å². The maximum atomic E-state index is 5.54. The Bertz CT molecular complexity index is 170. The van der Waals surface area contributed by atoms with Gasteiger partial charge in [-0.3, -0.25) is 0 Å². The molecule has 0 spiro atoms. The standard InChI is InChI=1S/C9H15BO2/c1-6(7(2)10)4-5-8-9(11-3)12-8/h6,8-9H,2,4-5H2,1,3H3. The van der Waals surface area contributed by atoms with Crippen molar-refractivity contribution in [2.75, 3.05) is 7.11 Å². The van der Waals surface area contributed by atoms with E-state index < -0.39 is 0 Å². The predicted octanol–water partition coefficient (Wildman–Crippen LogP) is 1.46. The van der Waals surface area contributed by atoms with Crippen LogP contribution in [-0.4, -0.2) is 27.4 Å². The third kappa shape index (κ3) is 2.65. The zero-order valence-corrected chi connectivity index (χ0v) is 7.75. The summed E-state index contributed by atoms with van der Waals surface area (Å²) >= 11 is 0. The van der Waals surface area contributed by atoms with E-state index in [1.54, 1.807) is 7.11 Å². The highest BCUT2D eigenvalue weighted by Crippen LogP contribution is 2.29. The fourth-order valence-corrected chi connectivity index (χ4v) is 1.14. The molecule has 0 aliphatic carbocycles. The normalized spacial score (nSPS) is 29.8. The van der Waals surface area contributed by atoms with Crippen LogP contribution in [0.3, 0.4) is 0 Å². The second kappa shape index (κ2) is 4.10. The summed E-state index contributed by atoms with van der Waals surface area (Å²) in [6.45, 7) is 5.77. The number of methoxy groups -OCH3 is 1. The summed E-state index contributed by atoms with van der Waals surface area (Å²) in [7, 11) is 7.21. The Balaban J connectivity index is 2.07. The van der Waals surface area contributed by atoms with Crippen LogP contribution in [0.2, 0.25) is 0 Å². The third-order valence-corrected chi connectivity index (χ3v) is 2.29. The van der Waals surface area contributed by atoms with Gasteiger partial charge in [0.2, 0.25) is 0 Å². The largest absolute Gasteiger partial charge is 0.353 e. The fourth-order valence-electron chi connectivity index (χ4n) is 1.14. The van der Waals surface area contributed by atoms with Gasteiger partial charge < -0.3 is 9.47 Å². The average Bonchev–Trinajstić information content (AvgIpc) is 2.78. The van der Waals surface area contributed by atoms with E-state index in [0.717, 1.165) is 18.3 Å². The van der Waals surface area contributed by atoms with E-state index in [1.807, 2.05) is 0 Å². The van der Waals surface area contributed by atoms with E-state index >= 15 is 0 Å². The van der Waals surface area contributed by atoms with Crippen molar-refractivity contribution in [3.05, 3.63) is 12.1 Å². The SMILES string of the molecule is [B]C(=C)C(C)CCC1OC1OC. The zero-order chi connectivity index (χ0) is 9.14. The van der Waals surface area contributed by atoms with E-state index in [0.29, 0.717) is 5.92 Å². The smallest absolute Gasteiger partial charge is 0.184 e. The van der Waals surface area contributed by atoms with Gasteiger partial charge in [0, 0.05) is 7.11 Å². The molecule has 1 aliphatic heterocycles. The first-order valence-electron chi connectivity index (χ1n) is 4.27. The van der Waals surface area contributed by atoms with Crippen LogP contribution in [0, 0.1) is 5.92 Å². The molecule has 3 unspecified atom stereocenters. The van der Waals surface area contributed by atoms with Gasteiger partial charge >= 0.3 is 0 Å². The quantitative estimate of drug-likeness (QED) is 0.455. The molecule has 0 saturated carbocycles. The van der Waals surface area contributed by atoms with Crippen LogP contribution >= 0.6 is 0 Å². The first-order chi connectivity index (χ1) is 5.65. The van der Waals surface area contributed by atoms with E-state index in [-0.39, 0.29) is 12.4 Å². The van der Waals surface area contributed by atoms with Gasteiger partial charge in [-0.2, -0.15) is 0 Å². The van der Waals surface area contributed by atoms with Crippen molar-refractivity contribution in [1.29, 1.82) is 0 Å². The predicted molar refractivity (Wildman–Crippen MR) is 49.0 cm³/mol. The summed E-state index contributed by atoms with van der Waals surface area (Å²) in [4.78, 5) is 0. The van der Waals surface area contributed by atoms with Gasteiger partial charge in [-0.05, 0) is 18.8 Å². The second-order valence-electron chi connectivity index (χ2n) is 3.33. The van der Waals surface area contributed by atoms with E-state index in [2.05, 4.69) is 13.5 Å². The molecule has 3 heteroatoms. The lowest BCUT2D eigenvalue weighted by atomic mass is 9.83. The van der Waals surface area contributed by atoms with Crippen LogP contribution in [0.4, 0.5) is 0 Å². The highest BCUT2D eigenvalue weighted by atomic mass is 16.8. The average molecular weight is 166 g/mol. The Morgan fingerprint density at radius 1 is 1.75 bits per heavy atom. The van der Waals surface area contributed by atoms with Gasteiger partial charge in [-0.15, -0.1) is 12.1 Å². The molecule has 0 amide bonds. The lowest BCUT2D eigenvalue weighted by molar-refractivity contribution is 0.0950. The summed E-state index contributed by atoms with van der Waals surface area (Å²) in [5.74, 6) is 0.381. The molecule has 1 saturated heterocycles. The van der Waals surface area contributed by atoms with Crippen molar-refractivity contribution < 1.29 is 9.47 Å². The molecule has 2 radical (unpaired) electrons. The molecule has 0 N–H and O–H groups in total. The van der Waals surface area contributed by atoms with Crippen LogP contribution in [0.15, 0.2) is 12.1 Å². The zero-order valence-electron chi connectivity index (χ0n) is 7.75. The highest BCUT2D eigenvalue weighted by molar-refractivity contribution is 6.21. The van der Waals surface area contributed by atoms with Gasteiger partial charge in [-0.1, -0.05) is 6.92 Å². The van der Waals surface area contributed by atoms with Gasteiger partial charge in [0.1, 0.15) is 14.0 Å². The van der Waals surface area contributed by atoms with Gasteiger partial charge in [0.25, 0.3) is 0 Å². The van der Waals surface area contributed by atoms with Crippen molar-refractivity contribution in [1.82, 2.24) is 0 Å². The highest BCUT2D eigenvalue weighted by Gasteiger charge is 2.38.